The van der Waals surface area contributed by atoms with E-state index in [0.29, 0.717) is 23.5 Å². The highest BCUT2D eigenvalue weighted by Gasteiger charge is 2.20. The molecule has 142 valence electrons. The summed E-state index contributed by atoms with van der Waals surface area (Å²) in [5, 5.41) is 11.2. The van der Waals surface area contributed by atoms with Crippen molar-refractivity contribution in [3.8, 4) is 0 Å². The van der Waals surface area contributed by atoms with Crippen LogP contribution in [0.3, 0.4) is 0 Å². The third kappa shape index (κ3) is 8.06. The molecule has 0 aliphatic rings. The van der Waals surface area contributed by atoms with Crippen molar-refractivity contribution in [2.75, 3.05) is 12.8 Å². The van der Waals surface area contributed by atoms with Gasteiger partial charge in [0.15, 0.2) is 0 Å². The van der Waals surface area contributed by atoms with Crippen LogP contribution in [-0.4, -0.2) is 51.2 Å². The van der Waals surface area contributed by atoms with E-state index in [1.165, 1.54) is 40.9 Å². The number of nitrogens with zero attached hydrogens (tertiary/aromatic N) is 3. The second kappa shape index (κ2) is 11.8. The molecule has 12 heteroatoms. The van der Waals surface area contributed by atoms with Gasteiger partial charge in [-0.05, 0) is 23.3 Å². The average molecular weight is 420 g/mol. The molecule has 1 amide bonds. The van der Waals surface area contributed by atoms with Gasteiger partial charge in [0.25, 0.3) is 11.6 Å². The Balaban J connectivity index is 2.29. The lowest BCUT2D eigenvalue weighted by Crippen LogP contribution is -2.33. The van der Waals surface area contributed by atoms with Crippen molar-refractivity contribution in [2.24, 2.45) is 0 Å². The Morgan fingerprint density at radius 2 is 2.23 bits per heavy atom. The fourth-order valence-corrected chi connectivity index (χ4v) is 3.80. The van der Waals surface area contributed by atoms with E-state index in [2.05, 4.69) is 17.6 Å². The number of aromatic nitrogens is 1. The lowest BCUT2D eigenvalue weighted by atomic mass is 10.3. The van der Waals surface area contributed by atoms with E-state index in [1.807, 2.05) is 0 Å². The van der Waals surface area contributed by atoms with Crippen molar-refractivity contribution in [2.45, 2.75) is 29.5 Å². The number of nitro groups is 1. The summed E-state index contributed by atoms with van der Waals surface area (Å²) in [4.78, 5) is 52.5. The van der Waals surface area contributed by atoms with Crippen molar-refractivity contribution >= 4 is 58.1 Å². The fraction of sp³-hybridized carbons (Fsp3) is 0.429. The number of amides is 1. The molecule has 1 unspecified atom stereocenters. The standard InChI is InChI=1S/C14H17N3O6S3/c1-16(13(19)3-2-7-18)23-14(20)11(24)6-8-25-26-12-5-4-10(9-15-12)17(21)22/h4-5,7,9,11,24H,2-3,6,8H2,1H3. The summed E-state index contributed by atoms with van der Waals surface area (Å²) in [7, 11) is 4.03. The number of carbonyl (C=O) groups is 3. The van der Waals surface area contributed by atoms with Gasteiger partial charge in [0, 0.05) is 31.7 Å². The van der Waals surface area contributed by atoms with E-state index in [4.69, 9.17) is 4.84 Å². The Kier molecular flexibility index (Phi) is 10.1. The molecule has 0 aliphatic carbocycles. The summed E-state index contributed by atoms with van der Waals surface area (Å²) >= 11 is 4.15. The predicted molar refractivity (Wildman–Crippen MR) is 101 cm³/mol. The number of aldehydes is 1. The smallest absolute Gasteiger partial charge is 0.337 e. The maximum absolute atomic E-state index is 11.8. The van der Waals surface area contributed by atoms with Crippen LogP contribution < -0.4 is 0 Å². The minimum atomic E-state index is -0.714. The summed E-state index contributed by atoms with van der Waals surface area (Å²) in [6, 6.07) is 2.91. The minimum Gasteiger partial charge on any atom is -0.337 e. The van der Waals surface area contributed by atoms with Crippen LogP contribution in [0, 0.1) is 10.1 Å². The maximum atomic E-state index is 11.8. The maximum Gasteiger partial charge on any atom is 0.345 e. The lowest BCUT2D eigenvalue weighted by Gasteiger charge is -2.18. The first-order valence-electron chi connectivity index (χ1n) is 7.35. The first-order chi connectivity index (χ1) is 12.3. The summed E-state index contributed by atoms with van der Waals surface area (Å²) < 4.78 is 0. The Labute approximate surface area is 163 Å². The molecule has 0 N–H and O–H groups in total. The average Bonchev–Trinajstić information content (AvgIpc) is 2.63. The Hall–Kier alpha value is -1.79. The van der Waals surface area contributed by atoms with E-state index in [9.17, 15) is 24.5 Å². The molecule has 26 heavy (non-hydrogen) atoms. The minimum absolute atomic E-state index is 0.0285. The molecular formula is C14H17N3O6S3. The summed E-state index contributed by atoms with van der Waals surface area (Å²) in [5.41, 5.74) is -0.0793. The van der Waals surface area contributed by atoms with Crippen LogP contribution >= 0.6 is 34.2 Å². The second-order valence-corrected chi connectivity index (χ2v) is 7.89. The van der Waals surface area contributed by atoms with Crippen LogP contribution in [0.25, 0.3) is 0 Å². The molecule has 0 saturated carbocycles. The van der Waals surface area contributed by atoms with Gasteiger partial charge < -0.3 is 9.63 Å². The largest absolute Gasteiger partial charge is 0.345 e. The Bertz CT molecular complexity index is 643. The third-order valence-electron chi connectivity index (χ3n) is 2.88. The summed E-state index contributed by atoms with van der Waals surface area (Å²) in [6.45, 7) is 0. The monoisotopic (exact) mass is 419 g/mol. The molecule has 1 aromatic rings. The van der Waals surface area contributed by atoms with Gasteiger partial charge >= 0.3 is 5.97 Å². The van der Waals surface area contributed by atoms with Crippen LogP contribution in [0.15, 0.2) is 23.4 Å². The highest BCUT2D eigenvalue weighted by atomic mass is 33.1. The molecule has 1 atom stereocenters. The molecule has 0 aliphatic heterocycles. The van der Waals surface area contributed by atoms with Gasteiger partial charge in [0.1, 0.15) is 22.8 Å². The first kappa shape index (κ1) is 22.3. The van der Waals surface area contributed by atoms with Crippen LogP contribution in [0.4, 0.5) is 5.69 Å². The van der Waals surface area contributed by atoms with Crippen LogP contribution in [0.2, 0.25) is 0 Å². The first-order valence-corrected chi connectivity index (χ1v) is 10.2. The van der Waals surface area contributed by atoms with Gasteiger partial charge in [-0.2, -0.15) is 17.7 Å². The molecule has 1 aromatic heterocycles. The highest BCUT2D eigenvalue weighted by Crippen LogP contribution is 2.31. The topological polar surface area (TPSA) is 120 Å². The zero-order valence-corrected chi connectivity index (χ0v) is 16.3. The number of pyridine rings is 1. The number of carbonyl (C=O) groups excluding carboxylic acids is 3. The molecule has 1 rings (SSSR count). The van der Waals surface area contributed by atoms with E-state index >= 15 is 0 Å². The molecule has 0 radical (unpaired) electrons. The Morgan fingerprint density at radius 1 is 1.50 bits per heavy atom. The van der Waals surface area contributed by atoms with Gasteiger partial charge in [-0.3, -0.25) is 14.9 Å². The van der Waals surface area contributed by atoms with E-state index in [1.54, 1.807) is 6.07 Å². The number of hydroxylamine groups is 2. The number of hydrogen-bond donors (Lipinski definition) is 1. The molecule has 0 aromatic carbocycles. The second-order valence-electron chi connectivity index (χ2n) is 4.83. The molecule has 9 nitrogen and oxygen atoms in total. The van der Waals surface area contributed by atoms with E-state index in [0.717, 1.165) is 5.06 Å². The number of thiol groups is 1. The molecule has 0 saturated heterocycles. The SMILES string of the molecule is CN(OC(=O)C(S)CCSSc1ccc([N+](=O)[O-])cn1)C(=O)CCC=O. The zero-order valence-electron chi connectivity index (χ0n) is 13.8. The molecule has 0 bridgehead atoms. The third-order valence-corrected chi connectivity index (χ3v) is 5.64. The van der Waals surface area contributed by atoms with Crippen molar-refractivity contribution in [1.82, 2.24) is 10.0 Å². The van der Waals surface area contributed by atoms with Gasteiger partial charge in [-0.25, -0.2) is 9.78 Å². The Morgan fingerprint density at radius 3 is 2.81 bits per heavy atom. The van der Waals surface area contributed by atoms with Gasteiger partial charge in [-0.1, -0.05) is 10.8 Å². The quantitative estimate of drug-likeness (QED) is 0.152. The van der Waals surface area contributed by atoms with E-state index < -0.39 is 22.0 Å². The lowest BCUT2D eigenvalue weighted by molar-refractivity contribution is -0.385. The van der Waals surface area contributed by atoms with E-state index in [-0.39, 0.29) is 18.5 Å². The van der Waals surface area contributed by atoms with Crippen molar-refractivity contribution in [1.29, 1.82) is 0 Å². The summed E-state index contributed by atoms with van der Waals surface area (Å²) in [5.74, 6) is -0.579. The fourth-order valence-electron chi connectivity index (χ4n) is 1.50. The van der Waals surface area contributed by atoms with Crippen LogP contribution in [-0.2, 0) is 19.2 Å². The predicted octanol–water partition coefficient (Wildman–Crippen LogP) is 2.31. The molecule has 0 fully saturated rings. The van der Waals surface area contributed by atoms with Gasteiger partial charge in [0.05, 0.1) is 4.92 Å². The van der Waals surface area contributed by atoms with Crippen molar-refractivity contribution < 1.29 is 24.1 Å². The van der Waals surface area contributed by atoms with Crippen LogP contribution in [0.5, 0.6) is 0 Å². The molecule has 0 spiro atoms. The highest BCUT2D eigenvalue weighted by molar-refractivity contribution is 8.76. The normalized spacial score (nSPS) is 11.5. The zero-order chi connectivity index (χ0) is 19.5. The molecule has 1 heterocycles. The van der Waals surface area contributed by atoms with Gasteiger partial charge in [0.2, 0.25) is 0 Å². The van der Waals surface area contributed by atoms with Crippen molar-refractivity contribution in [3.05, 3.63) is 28.4 Å². The molecular weight excluding hydrogens is 402 g/mol. The van der Waals surface area contributed by atoms with Crippen molar-refractivity contribution in [3.63, 3.8) is 0 Å². The number of rotatable bonds is 10. The van der Waals surface area contributed by atoms with Gasteiger partial charge in [-0.15, -0.1) is 0 Å². The van der Waals surface area contributed by atoms with Crippen LogP contribution in [0.1, 0.15) is 19.3 Å². The number of hydrogen-bond acceptors (Lipinski definition) is 10. The summed E-state index contributed by atoms with van der Waals surface area (Å²) in [6.07, 6.45) is 2.22.